The molecule has 1 N–H and O–H groups in total. The summed E-state index contributed by atoms with van der Waals surface area (Å²) < 4.78 is 26.6. The molecule has 0 heterocycles. The van der Waals surface area contributed by atoms with Crippen molar-refractivity contribution < 1.29 is 13.9 Å². The summed E-state index contributed by atoms with van der Waals surface area (Å²) in [6.45, 7) is 0. The van der Waals surface area contributed by atoms with Gasteiger partial charge in [-0.05, 0) is 74.0 Å². The second kappa shape index (κ2) is 5.20. The summed E-state index contributed by atoms with van der Waals surface area (Å²) in [5, 5.41) is 9.70. The van der Waals surface area contributed by atoms with Crippen LogP contribution in [0.5, 0.6) is 0 Å². The van der Waals surface area contributed by atoms with E-state index >= 15 is 0 Å². The molecular weight excluding hydrogens is 246 g/mol. The lowest BCUT2D eigenvalue weighted by Crippen LogP contribution is -2.32. The highest BCUT2D eigenvalue weighted by molar-refractivity contribution is 5.22. The second-order valence-electron chi connectivity index (χ2n) is 6.20. The van der Waals surface area contributed by atoms with E-state index in [0.717, 1.165) is 50.2 Å². The molecule has 0 radical (unpaired) electrons. The minimum atomic E-state index is -0.476. The van der Waals surface area contributed by atoms with E-state index in [1.165, 1.54) is 12.1 Å². The molecule has 19 heavy (non-hydrogen) atoms. The van der Waals surface area contributed by atoms with Crippen LogP contribution in [0, 0.1) is 23.5 Å². The Kier molecular flexibility index (Phi) is 3.57. The Balaban J connectivity index is 1.74. The van der Waals surface area contributed by atoms with E-state index in [1.807, 2.05) is 0 Å². The number of benzene rings is 1. The third kappa shape index (κ3) is 2.81. The quantitative estimate of drug-likeness (QED) is 0.814. The van der Waals surface area contributed by atoms with Crippen LogP contribution in [-0.2, 0) is 0 Å². The molecular formula is C16H20F2O. The van der Waals surface area contributed by atoms with Gasteiger partial charge in [0.1, 0.15) is 11.6 Å². The predicted octanol–water partition coefficient (Wildman–Crippen LogP) is 4.01. The third-order valence-corrected chi connectivity index (χ3v) is 4.94. The molecule has 0 bridgehead atoms. The number of rotatable bonds is 1. The van der Waals surface area contributed by atoms with Gasteiger partial charge in [-0.1, -0.05) is 0 Å². The number of aliphatic hydroxyl groups excluding tert-OH is 1. The zero-order chi connectivity index (χ0) is 13.4. The van der Waals surface area contributed by atoms with Gasteiger partial charge in [-0.15, -0.1) is 0 Å². The number of halogens is 2. The molecule has 1 nitrogen and oxygen atoms in total. The van der Waals surface area contributed by atoms with Crippen molar-refractivity contribution in [1.82, 2.24) is 0 Å². The highest BCUT2D eigenvalue weighted by Gasteiger charge is 2.35. The smallest absolute Gasteiger partial charge is 0.126 e. The lowest BCUT2D eigenvalue weighted by Gasteiger charge is -2.41. The van der Waals surface area contributed by atoms with Gasteiger partial charge in [-0.2, -0.15) is 0 Å². The van der Waals surface area contributed by atoms with Crippen LogP contribution in [0.25, 0.3) is 0 Å². The van der Waals surface area contributed by atoms with E-state index in [2.05, 4.69) is 0 Å². The SMILES string of the molecule is OC1CCC2CC(c3cc(F)cc(F)c3)CCC2C1. The molecule has 1 aromatic rings. The van der Waals surface area contributed by atoms with Gasteiger partial charge in [-0.25, -0.2) is 8.78 Å². The fraction of sp³-hybridized carbons (Fsp3) is 0.625. The molecule has 4 unspecified atom stereocenters. The number of aliphatic hydroxyl groups is 1. The predicted molar refractivity (Wildman–Crippen MR) is 69.8 cm³/mol. The van der Waals surface area contributed by atoms with Crippen molar-refractivity contribution >= 4 is 0 Å². The van der Waals surface area contributed by atoms with Crippen LogP contribution in [0.1, 0.15) is 50.0 Å². The van der Waals surface area contributed by atoms with Crippen molar-refractivity contribution in [2.24, 2.45) is 11.8 Å². The normalized spacial score (nSPS) is 34.9. The van der Waals surface area contributed by atoms with E-state index in [4.69, 9.17) is 0 Å². The topological polar surface area (TPSA) is 20.2 Å². The minimum absolute atomic E-state index is 0.135. The van der Waals surface area contributed by atoms with E-state index in [9.17, 15) is 13.9 Å². The van der Waals surface area contributed by atoms with Crippen molar-refractivity contribution in [3.63, 3.8) is 0 Å². The molecule has 104 valence electrons. The number of fused-ring (bicyclic) bond motifs is 1. The number of hydrogen-bond donors (Lipinski definition) is 1. The van der Waals surface area contributed by atoms with Gasteiger partial charge in [-0.3, -0.25) is 0 Å². The Morgan fingerprint density at radius 3 is 2.21 bits per heavy atom. The minimum Gasteiger partial charge on any atom is -0.393 e. The Hall–Kier alpha value is -0.960. The van der Waals surface area contributed by atoms with Crippen molar-refractivity contribution in [3.8, 4) is 0 Å². The zero-order valence-electron chi connectivity index (χ0n) is 11.0. The molecule has 4 atom stereocenters. The summed E-state index contributed by atoms with van der Waals surface area (Å²) in [6.07, 6.45) is 5.78. The van der Waals surface area contributed by atoms with Crippen LogP contribution in [0.3, 0.4) is 0 Å². The standard InChI is InChI=1S/C16H20F2O/c17-14-6-13(7-15(18)9-14)11-1-2-12-8-16(19)4-3-10(12)5-11/h6-7,9-12,16,19H,1-5,8H2. The first-order valence-electron chi connectivity index (χ1n) is 7.26. The lowest BCUT2D eigenvalue weighted by molar-refractivity contribution is 0.0441. The van der Waals surface area contributed by atoms with Gasteiger partial charge >= 0.3 is 0 Å². The lowest BCUT2D eigenvalue weighted by atomic mass is 9.65. The molecule has 0 amide bonds. The second-order valence-corrected chi connectivity index (χ2v) is 6.20. The van der Waals surface area contributed by atoms with Crippen molar-refractivity contribution in [3.05, 3.63) is 35.4 Å². The summed E-state index contributed by atoms with van der Waals surface area (Å²) in [7, 11) is 0. The Bertz CT molecular complexity index is 440. The third-order valence-electron chi connectivity index (χ3n) is 4.94. The highest BCUT2D eigenvalue weighted by Crippen LogP contribution is 2.46. The average Bonchev–Trinajstić information content (AvgIpc) is 2.37. The van der Waals surface area contributed by atoms with Gasteiger partial charge in [0.25, 0.3) is 0 Å². The molecule has 0 spiro atoms. The molecule has 2 aliphatic rings. The first-order chi connectivity index (χ1) is 9.11. The molecule has 0 saturated heterocycles. The molecule has 0 aromatic heterocycles. The van der Waals surface area contributed by atoms with Gasteiger partial charge in [0, 0.05) is 6.07 Å². The van der Waals surface area contributed by atoms with E-state index in [0.29, 0.717) is 11.8 Å². The van der Waals surface area contributed by atoms with Gasteiger partial charge in [0.15, 0.2) is 0 Å². The monoisotopic (exact) mass is 266 g/mol. The van der Waals surface area contributed by atoms with E-state index in [1.54, 1.807) is 0 Å². The summed E-state index contributed by atoms with van der Waals surface area (Å²) in [4.78, 5) is 0. The van der Waals surface area contributed by atoms with Gasteiger partial charge in [0.2, 0.25) is 0 Å². The molecule has 2 aliphatic carbocycles. The Labute approximate surface area is 112 Å². The molecule has 3 rings (SSSR count). The summed E-state index contributed by atoms with van der Waals surface area (Å²) in [6, 6.07) is 3.89. The van der Waals surface area contributed by atoms with Gasteiger partial charge in [0.05, 0.1) is 6.10 Å². The molecule has 2 fully saturated rings. The molecule has 1 aromatic carbocycles. The molecule has 2 saturated carbocycles. The first kappa shape index (κ1) is 13.0. The van der Waals surface area contributed by atoms with Crippen molar-refractivity contribution in [2.45, 2.75) is 50.5 Å². The Morgan fingerprint density at radius 1 is 0.842 bits per heavy atom. The zero-order valence-corrected chi connectivity index (χ0v) is 11.0. The van der Waals surface area contributed by atoms with Crippen LogP contribution >= 0.6 is 0 Å². The Morgan fingerprint density at radius 2 is 1.47 bits per heavy atom. The van der Waals surface area contributed by atoms with Gasteiger partial charge < -0.3 is 5.11 Å². The highest BCUT2D eigenvalue weighted by atomic mass is 19.1. The van der Waals surface area contributed by atoms with Crippen LogP contribution in [-0.4, -0.2) is 11.2 Å². The maximum Gasteiger partial charge on any atom is 0.126 e. The number of hydrogen-bond acceptors (Lipinski definition) is 1. The summed E-state index contributed by atoms with van der Waals surface area (Å²) in [5.74, 6) is 0.556. The van der Waals surface area contributed by atoms with E-state index < -0.39 is 11.6 Å². The maximum atomic E-state index is 13.3. The molecule has 3 heteroatoms. The van der Waals surface area contributed by atoms with Crippen LogP contribution in [0.15, 0.2) is 18.2 Å². The summed E-state index contributed by atoms with van der Waals surface area (Å²) in [5.41, 5.74) is 0.807. The van der Waals surface area contributed by atoms with Crippen LogP contribution in [0.4, 0.5) is 8.78 Å². The average molecular weight is 266 g/mol. The summed E-state index contributed by atoms with van der Waals surface area (Å²) >= 11 is 0. The first-order valence-corrected chi connectivity index (χ1v) is 7.26. The van der Waals surface area contributed by atoms with Crippen LogP contribution in [0.2, 0.25) is 0 Å². The fourth-order valence-corrected chi connectivity index (χ4v) is 3.98. The van der Waals surface area contributed by atoms with Crippen molar-refractivity contribution in [2.75, 3.05) is 0 Å². The maximum absolute atomic E-state index is 13.3. The fourth-order valence-electron chi connectivity index (χ4n) is 3.98. The largest absolute Gasteiger partial charge is 0.393 e. The van der Waals surface area contributed by atoms with E-state index in [-0.39, 0.29) is 12.0 Å². The molecule has 0 aliphatic heterocycles. The van der Waals surface area contributed by atoms with Crippen LogP contribution < -0.4 is 0 Å². The van der Waals surface area contributed by atoms with Crippen molar-refractivity contribution in [1.29, 1.82) is 0 Å².